The molecule has 4 N–H and O–H groups in total. The number of hydrogen-bond donors (Lipinski definition) is 3. The van der Waals surface area contributed by atoms with Gasteiger partial charge in [0.25, 0.3) is 0 Å². The second-order valence-electron chi connectivity index (χ2n) is 5.49. The number of aryl methyl sites for hydroxylation is 1. The SMILES string of the molecule is CCN1CCC(CNc2cc(C)c(N)c(C(=O)O)c2)C1. The number of carboxylic acids is 1. The van der Waals surface area contributed by atoms with Gasteiger partial charge in [-0.3, -0.25) is 0 Å². The summed E-state index contributed by atoms with van der Waals surface area (Å²) in [6.45, 7) is 8.26. The van der Waals surface area contributed by atoms with E-state index in [0.717, 1.165) is 37.4 Å². The smallest absolute Gasteiger partial charge is 0.337 e. The summed E-state index contributed by atoms with van der Waals surface area (Å²) in [6, 6.07) is 3.53. The van der Waals surface area contributed by atoms with E-state index in [1.54, 1.807) is 6.07 Å². The average molecular weight is 277 g/mol. The van der Waals surface area contributed by atoms with Crippen LogP contribution in [0.15, 0.2) is 12.1 Å². The fourth-order valence-corrected chi connectivity index (χ4v) is 2.71. The van der Waals surface area contributed by atoms with Gasteiger partial charge in [-0.2, -0.15) is 0 Å². The number of nitrogens with zero attached hydrogens (tertiary/aromatic N) is 1. The largest absolute Gasteiger partial charge is 0.478 e. The summed E-state index contributed by atoms with van der Waals surface area (Å²) in [4.78, 5) is 13.6. The van der Waals surface area contributed by atoms with Gasteiger partial charge in [-0.05, 0) is 50.0 Å². The number of nitrogens with one attached hydrogen (secondary N) is 1. The van der Waals surface area contributed by atoms with Gasteiger partial charge in [0.15, 0.2) is 0 Å². The third-order valence-corrected chi connectivity index (χ3v) is 4.03. The fraction of sp³-hybridized carbons (Fsp3) is 0.533. The van der Waals surface area contributed by atoms with Crippen molar-refractivity contribution in [3.63, 3.8) is 0 Å². The Bertz CT molecular complexity index is 502. The maximum Gasteiger partial charge on any atom is 0.337 e. The van der Waals surface area contributed by atoms with Crippen LogP contribution in [0, 0.1) is 12.8 Å². The lowest BCUT2D eigenvalue weighted by Crippen LogP contribution is -2.22. The number of hydrogen-bond acceptors (Lipinski definition) is 4. The summed E-state index contributed by atoms with van der Waals surface area (Å²) in [6.07, 6.45) is 1.20. The van der Waals surface area contributed by atoms with Crippen LogP contribution in [0.25, 0.3) is 0 Å². The van der Waals surface area contributed by atoms with Gasteiger partial charge >= 0.3 is 5.97 Å². The molecule has 1 aliphatic rings. The molecule has 20 heavy (non-hydrogen) atoms. The summed E-state index contributed by atoms with van der Waals surface area (Å²) >= 11 is 0. The molecule has 1 fully saturated rings. The molecule has 2 rings (SSSR count). The van der Waals surface area contributed by atoms with E-state index in [4.69, 9.17) is 10.8 Å². The van der Waals surface area contributed by atoms with Crippen LogP contribution in [-0.4, -0.2) is 42.2 Å². The highest BCUT2D eigenvalue weighted by Gasteiger charge is 2.21. The molecule has 1 unspecified atom stereocenters. The summed E-state index contributed by atoms with van der Waals surface area (Å²) < 4.78 is 0. The number of likely N-dealkylation sites (tertiary alicyclic amines) is 1. The van der Waals surface area contributed by atoms with Gasteiger partial charge in [0, 0.05) is 24.5 Å². The Hall–Kier alpha value is -1.75. The summed E-state index contributed by atoms with van der Waals surface area (Å²) in [5, 5.41) is 12.5. The van der Waals surface area contributed by atoms with Crippen molar-refractivity contribution in [1.82, 2.24) is 4.90 Å². The lowest BCUT2D eigenvalue weighted by Gasteiger charge is -2.16. The van der Waals surface area contributed by atoms with Crippen molar-refractivity contribution in [2.24, 2.45) is 5.92 Å². The van der Waals surface area contributed by atoms with Crippen molar-refractivity contribution in [3.05, 3.63) is 23.3 Å². The van der Waals surface area contributed by atoms with E-state index < -0.39 is 5.97 Å². The highest BCUT2D eigenvalue weighted by Crippen LogP contribution is 2.24. The average Bonchev–Trinajstić information content (AvgIpc) is 2.87. The molecule has 1 heterocycles. The molecule has 1 aromatic carbocycles. The van der Waals surface area contributed by atoms with E-state index in [1.165, 1.54) is 6.42 Å². The maximum atomic E-state index is 11.2. The Morgan fingerprint density at radius 3 is 2.90 bits per heavy atom. The minimum absolute atomic E-state index is 0.175. The zero-order chi connectivity index (χ0) is 14.7. The first-order chi connectivity index (χ1) is 9.51. The standard InChI is InChI=1S/C15H23N3O2/c1-3-18-5-4-11(9-18)8-17-12-6-10(2)14(16)13(7-12)15(19)20/h6-7,11,17H,3-5,8-9,16H2,1-2H3,(H,19,20). The zero-order valence-electron chi connectivity index (χ0n) is 12.1. The number of rotatable bonds is 5. The Balaban J connectivity index is 2.01. The van der Waals surface area contributed by atoms with Crippen LogP contribution in [0.5, 0.6) is 0 Å². The molecule has 0 amide bonds. The summed E-state index contributed by atoms with van der Waals surface area (Å²) in [7, 11) is 0. The van der Waals surface area contributed by atoms with Gasteiger partial charge in [-0.15, -0.1) is 0 Å². The second-order valence-corrected chi connectivity index (χ2v) is 5.49. The van der Waals surface area contributed by atoms with Crippen LogP contribution < -0.4 is 11.1 Å². The third-order valence-electron chi connectivity index (χ3n) is 4.03. The lowest BCUT2D eigenvalue weighted by molar-refractivity contribution is 0.0698. The van der Waals surface area contributed by atoms with Crippen LogP contribution in [-0.2, 0) is 0 Å². The predicted molar refractivity (Wildman–Crippen MR) is 81.3 cm³/mol. The van der Waals surface area contributed by atoms with E-state index >= 15 is 0 Å². The third kappa shape index (κ3) is 3.22. The zero-order valence-corrected chi connectivity index (χ0v) is 12.1. The van der Waals surface area contributed by atoms with Gasteiger partial charge < -0.3 is 21.1 Å². The molecule has 1 atom stereocenters. The Morgan fingerprint density at radius 2 is 2.30 bits per heavy atom. The molecule has 1 aliphatic heterocycles. The maximum absolute atomic E-state index is 11.2. The molecular weight excluding hydrogens is 254 g/mol. The second kappa shape index (κ2) is 6.13. The fourth-order valence-electron chi connectivity index (χ4n) is 2.71. The quantitative estimate of drug-likeness (QED) is 0.718. The molecule has 0 aromatic heterocycles. The molecule has 1 aromatic rings. The number of nitrogen functional groups attached to an aromatic ring is 1. The molecule has 0 spiro atoms. The minimum atomic E-state index is -0.979. The number of benzene rings is 1. The Morgan fingerprint density at radius 1 is 1.55 bits per heavy atom. The molecule has 5 heteroatoms. The Labute approximate surface area is 119 Å². The number of nitrogens with two attached hydrogens (primary N) is 1. The van der Waals surface area contributed by atoms with Crippen molar-refractivity contribution in [2.75, 3.05) is 37.2 Å². The van der Waals surface area contributed by atoms with Gasteiger partial charge in [-0.25, -0.2) is 4.79 Å². The first-order valence-corrected chi connectivity index (χ1v) is 7.11. The molecule has 0 saturated carbocycles. The molecular formula is C15H23N3O2. The van der Waals surface area contributed by atoms with Crippen LogP contribution in [0.3, 0.4) is 0 Å². The minimum Gasteiger partial charge on any atom is -0.478 e. The van der Waals surface area contributed by atoms with Gasteiger partial charge in [0.1, 0.15) is 0 Å². The van der Waals surface area contributed by atoms with E-state index in [-0.39, 0.29) is 5.56 Å². The van der Waals surface area contributed by atoms with Crippen LogP contribution in [0.2, 0.25) is 0 Å². The number of anilines is 2. The van der Waals surface area contributed by atoms with Crippen molar-refractivity contribution in [2.45, 2.75) is 20.3 Å². The first-order valence-electron chi connectivity index (χ1n) is 7.11. The van der Waals surface area contributed by atoms with Crippen molar-refractivity contribution in [1.29, 1.82) is 0 Å². The Kier molecular flexibility index (Phi) is 4.49. The number of aromatic carboxylic acids is 1. The van der Waals surface area contributed by atoms with Crippen LogP contribution >= 0.6 is 0 Å². The molecule has 5 nitrogen and oxygen atoms in total. The van der Waals surface area contributed by atoms with Crippen LogP contribution in [0.1, 0.15) is 29.3 Å². The highest BCUT2D eigenvalue weighted by atomic mass is 16.4. The normalized spacial score (nSPS) is 19.2. The lowest BCUT2D eigenvalue weighted by atomic mass is 10.1. The first kappa shape index (κ1) is 14.7. The molecule has 0 radical (unpaired) electrons. The molecule has 110 valence electrons. The van der Waals surface area contributed by atoms with E-state index in [9.17, 15) is 4.79 Å². The summed E-state index contributed by atoms with van der Waals surface area (Å²) in [5.74, 6) is -0.353. The van der Waals surface area contributed by atoms with Crippen molar-refractivity contribution < 1.29 is 9.90 Å². The van der Waals surface area contributed by atoms with E-state index in [1.807, 2.05) is 13.0 Å². The molecule has 0 bridgehead atoms. The molecule has 0 aliphatic carbocycles. The predicted octanol–water partition coefficient (Wildman–Crippen LogP) is 2.03. The number of carbonyl (C=O) groups is 1. The van der Waals surface area contributed by atoms with Gasteiger partial charge in [0.2, 0.25) is 0 Å². The highest BCUT2D eigenvalue weighted by molar-refractivity contribution is 5.95. The van der Waals surface area contributed by atoms with Crippen LogP contribution in [0.4, 0.5) is 11.4 Å². The van der Waals surface area contributed by atoms with Gasteiger partial charge in [0.05, 0.1) is 5.56 Å². The topological polar surface area (TPSA) is 78.6 Å². The van der Waals surface area contributed by atoms with E-state index in [2.05, 4.69) is 17.1 Å². The number of carboxylic acid groups (broad SMARTS) is 1. The van der Waals surface area contributed by atoms with E-state index in [0.29, 0.717) is 11.6 Å². The molecule has 1 saturated heterocycles. The van der Waals surface area contributed by atoms with Gasteiger partial charge in [-0.1, -0.05) is 6.92 Å². The van der Waals surface area contributed by atoms with Crippen molar-refractivity contribution in [3.8, 4) is 0 Å². The van der Waals surface area contributed by atoms with Crippen molar-refractivity contribution >= 4 is 17.3 Å². The summed E-state index contributed by atoms with van der Waals surface area (Å²) in [5.41, 5.74) is 7.95. The monoisotopic (exact) mass is 277 g/mol.